The van der Waals surface area contributed by atoms with Crippen molar-refractivity contribution >= 4 is 5.78 Å². The third kappa shape index (κ3) is 2.96. The van der Waals surface area contributed by atoms with Crippen LogP contribution < -0.4 is 0 Å². The molecule has 0 bridgehead atoms. The van der Waals surface area contributed by atoms with Gasteiger partial charge in [0.2, 0.25) is 5.78 Å². The van der Waals surface area contributed by atoms with E-state index in [1.165, 1.54) is 0 Å². The van der Waals surface area contributed by atoms with Crippen molar-refractivity contribution in [3.8, 4) is 0 Å². The zero-order valence-electron chi connectivity index (χ0n) is 11.5. The zero-order valence-corrected chi connectivity index (χ0v) is 11.5. The van der Waals surface area contributed by atoms with Gasteiger partial charge in [0.1, 0.15) is 11.5 Å². The molecule has 0 aliphatic heterocycles. The van der Waals surface area contributed by atoms with Gasteiger partial charge in [-0.05, 0) is 27.7 Å². The molecule has 0 fully saturated rings. The van der Waals surface area contributed by atoms with Crippen molar-refractivity contribution in [2.75, 3.05) is 14.1 Å². The lowest BCUT2D eigenvalue weighted by Gasteiger charge is -2.13. The number of hydrogen-bond acceptors (Lipinski definition) is 3. The fourth-order valence-corrected chi connectivity index (χ4v) is 1.91. The minimum atomic E-state index is 0.00509. The average Bonchev–Trinajstić information content (AvgIpc) is 2.49. The van der Waals surface area contributed by atoms with Gasteiger partial charge in [-0.3, -0.25) is 4.79 Å². The lowest BCUT2D eigenvalue weighted by molar-refractivity contribution is 0.103. The summed E-state index contributed by atoms with van der Waals surface area (Å²) >= 11 is 0. The molecule has 1 rings (SSSR count). The molecule has 4 heteroatoms. The molecule has 1 aromatic heterocycles. The Labute approximate surface area is 103 Å². The van der Waals surface area contributed by atoms with Gasteiger partial charge in [-0.2, -0.15) is 0 Å². The van der Waals surface area contributed by atoms with E-state index in [4.69, 9.17) is 0 Å². The van der Waals surface area contributed by atoms with Crippen LogP contribution >= 0.6 is 0 Å². The van der Waals surface area contributed by atoms with Gasteiger partial charge in [0.05, 0.1) is 5.69 Å². The molecule has 0 spiro atoms. The lowest BCUT2D eigenvalue weighted by atomic mass is 10.2. The van der Waals surface area contributed by atoms with Gasteiger partial charge in [0.25, 0.3) is 0 Å². The van der Waals surface area contributed by atoms with Crippen molar-refractivity contribution in [3.05, 3.63) is 29.5 Å². The molecule has 0 aliphatic rings. The minimum Gasteiger partial charge on any atom is -0.383 e. The molecule has 0 N–H and O–H groups in total. The molecule has 0 atom stereocenters. The highest BCUT2D eigenvalue weighted by Crippen LogP contribution is 2.18. The molecular weight excluding hydrogens is 214 g/mol. The molecule has 0 unspecified atom stereocenters. The van der Waals surface area contributed by atoms with E-state index in [0.717, 1.165) is 11.5 Å². The van der Waals surface area contributed by atoms with Gasteiger partial charge in [-0.25, -0.2) is 4.98 Å². The average molecular weight is 235 g/mol. The van der Waals surface area contributed by atoms with Crippen LogP contribution in [0.5, 0.6) is 0 Å². The Balaban J connectivity index is 3.17. The predicted molar refractivity (Wildman–Crippen MR) is 69.2 cm³/mol. The lowest BCUT2D eigenvalue weighted by Crippen LogP contribution is -2.13. The van der Waals surface area contributed by atoms with E-state index < -0.39 is 0 Å². The summed E-state index contributed by atoms with van der Waals surface area (Å²) in [7, 11) is 3.78. The quantitative estimate of drug-likeness (QED) is 0.594. The maximum absolute atomic E-state index is 12.1. The fraction of sp³-hybridized carbons (Fsp3) is 0.538. The van der Waals surface area contributed by atoms with E-state index in [1.54, 1.807) is 12.3 Å². The Kier molecular flexibility index (Phi) is 4.10. The second-order valence-corrected chi connectivity index (χ2v) is 4.70. The molecule has 94 valence electrons. The van der Waals surface area contributed by atoms with E-state index in [1.807, 2.05) is 37.4 Å². The van der Waals surface area contributed by atoms with Crippen LogP contribution in [0.25, 0.3) is 0 Å². The van der Waals surface area contributed by atoms with Gasteiger partial charge >= 0.3 is 0 Å². The normalized spacial score (nSPS) is 11.5. The maximum atomic E-state index is 12.1. The molecule has 17 heavy (non-hydrogen) atoms. The van der Waals surface area contributed by atoms with Gasteiger partial charge < -0.3 is 9.47 Å². The first-order chi connectivity index (χ1) is 7.84. The van der Waals surface area contributed by atoms with E-state index in [9.17, 15) is 4.79 Å². The number of aryl methyl sites for hydroxylation is 2. The van der Waals surface area contributed by atoms with Crippen molar-refractivity contribution in [3.63, 3.8) is 0 Å². The molecule has 0 aliphatic carbocycles. The first kappa shape index (κ1) is 13.5. The SMILES string of the molecule is Cc1nc(C)n(C(C)C)c1C(=O)/C=C/N(C)C. The van der Waals surface area contributed by atoms with Gasteiger partial charge in [0.15, 0.2) is 0 Å². The van der Waals surface area contributed by atoms with Crippen molar-refractivity contribution < 1.29 is 4.79 Å². The number of allylic oxidation sites excluding steroid dienone is 1. The van der Waals surface area contributed by atoms with Crippen LogP contribution in [0.4, 0.5) is 0 Å². The Morgan fingerprint density at radius 3 is 2.41 bits per heavy atom. The summed E-state index contributed by atoms with van der Waals surface area (Å²) in [6.07, 6.45) is 3.34. The molecule has 0 saturated heterocycles. The Morgan fingerprint density at radius 1 is 1.35 bits per heavy atom. The van der Waals surface area contributed by atoms with Crippen molar-refractivity contribution in [2.24, 2.45) is 0 Å². The van der Waals surface area contributed by atoms with Crippen molar-refractivity contribution in [2.45, 2.75) is 33.7 Å². The molecule has 0 radical (unpaired) electrons. The molecular formula is C13H21N3O. The van der Waals surface area contributed by atoms with E-state index in [-0.39, 0.29) is 11.8 Å². The second-order valence-electron chi connectivity index (χ2n) is 4.70. The third-order valence-corrected chi connectivity index (χ3v) is 2.54. The predicted octanol–water partition coefficient (Wildman–Crippen LogP) is 2.34. The number of imidazole rings is 1. The zero-order chi connectivity index (χ0) is 13.2. The van der Waals surface area contributed by atoms with Crippen LogP contribution in [0.2, 0.25) is 0 Å². The Hall–Kier alpha value is -1.58. The number of rotatable bonds is 4. The van der Waals surface area contributed by atoms with Crippen LogP contribution in [-0.4, -0.2) is 34.3 Å². The molecule has 0 amide bonds. The summed E-state index contributed by atoms with van der Waals surface area (Å²) in [6, 6.07) is 0.239. The first-order valence-corrected chi connectivity index (χ1v) is 5.79. The minimum absolute atomic E-state index is 0.00509. The van der Waals surface area contributed by atoms with Crippen molar-refractivity contribution in [1.82, 2.24) is 14.5 Å². The summed E-state index contributed by atoms with van der Waals surface area (Å²) in [5, 5.41) is 0. The highest BCUT2D eigenvalue weighted by Gasteiger charge is 2.18. The van der Waals surface area contributed by atoms with Crippen LogP contribution in [0, 0.1) is 13.8 Å². The van der Waals surface area contributed by atoms with Gasteiger partial charge in [-0.1, -0.05) is 0 Å². The van der Waals surface area contributed by atoms with E-state index in [2.05, 4.69) is 18.8 Å². The Morgan fingerprint density at radius 2 is 1.94 bits per heavy atom. The van der Waals surface area contributed by atoms with Gasteiger partial charge in [0, 0.05) is 32.4 Å². The van der Waals surface area contributed by atoms with Crippen LogP contribution in [0.15, 0.2) is 12.3 Å². The summed E-state index contributed by atoms with van der Waals surface area (Å²) in [5.41, 5.74) is 1.49. The van der Waals surface area contributed by atoms with E-state index >= 15 is 0 Å². The van der Waals surface area contributed by atoms with E-state index in [0.29, 0.717) is 5.69 Å². The smallest absolute Gasteiger partial charge is 0.205 e. The number of aromatic nitrogens is 2. The number of carbonyl (C=O) groups is 1. The molecule has 4 nitrogen and oxygen atoms in total. The monoisotopic (exact) mass is 235 g/mol. The standard InChI is InChI=1S/C13H21N3O/c1-9(2)16-11(4)14-10(3)13(16)12(17)7-8-15(5)6/h7-9H,1-6H3/b8-7+. The number of nitrogens with zero attached hydrogens (tertiary/aromatic N) is 3. The highest BCUT2D eigenvalue weighted by atomic mass is 16.1. The highest BCUT2D eigenvalue weighted by molar-refractivity contribution is 6.04. The molecule has 1 heterocycles. The van der Waals surface area contributed by atoms with Crippen LogP contribution in [0.1, 0.15) is 41.9 Å². The summed E-state index contributed by atoms with van der Waals surface area (Å²) < 4.78 is 1.98. The first-order valence-electron chi connectivity index (χ1n) is 5.79. The second kappa shape index (κ2) is 5.17. The Bertz CT molecular complexity index is 442. The molecule has 0 aromatic carbocycles. The summed E-state index contributed by atoms with van der Waals surface area (Å²) in [4.78, 5) is 18.4. The fourth-order valence-electron chi connectivity index (χ4n) is 1.91. The molecule has 1 aromatic rings. The summed E-state index contributed by atoms with van der Waals surface area (Å²) in [5.74, 6) is 0.893. The van der Waals surface area contributed by atoms with Gasteiger partial charge in [-0.15, -0.1) is 0 Å². The number of ketones is 1. The number of hydrogen-bond donors (Lipinski definition) is 0. The maximum Gasteiger partial charge on any atom is 0.205 e. The molecule has 0 saturated carbocycles. The largest absolute Gasteiger partial charge is 0.383 e. The van der Waals surface area contributed by atoms with Crippen LogP contribution in [0.3, 0.4) is 0 Å². The number of carbonyl (C=O) groups excluding carboxylic acids is 1. The topological polar surface area (TPSA) is 38.1 Å². The summed E-state index contributed by atoms with van der Waals surface area (Å²) in [6.45, 7) is 7.92. The third-order valence-electron chi connectivity index (χ3n) is 2.54. The van der Waals surface area contributed by atoms with Crippen molar-refractivity contribution in [1.29, 1.82) is 0 Å². The van der Waals surface area contributed by atoms with Crippen LogP contribution in [-0.2, 0) is 0 Å².